The average Bonchev–Trinajstić information content (AvgIpc) is 2.90. The summed E-state index contributed by atoms with van der Waals surface area (Å²) in [6.07, 6.45) is 6.17. The Kier molecular flexibility index (Phi) is 1.83. The van der Waals surface area contributed by atoms with Gasteiger partial charge in [0.25, 0.3) is 0 Å². The fraction of sp³-hybridized carbons (Fsp3) is 0.455. The van der Waals surface area contributed by atoms with Gasteiger partial charge in [-0.3, -0.25) is 4.68 Å². The second-order valence-corrected chi connectivity index (χ2v) is 4.40. The summed E-state index contributed by atoms with van der Waals surface area (Å²) >= 11 is 0. The number of nitrogens with zero attached hydrogens (tertiary/aromatic N) is 4. The number of aromatic nitrogens is 4. The van der Waals surface area contributed by atoms with Gasteiger partial charge in [-0.2, -0.15) is 5.10 Å². The molecule has 84 valence electrons. The van der Waals surface area contributed by atoms with Gasteiger partial charge in [-0.05, 0) is 19.8 Å². The van der Waals surface area contributed by atoms with Crippen molar-refractivity contribution in [3.8, 4) is 11.3 Å². The van der Waals surface area contributed by atoms with E-state index in [1.54, 1.807) is 10.9 Å². The third-order valence-corrected chi connectivity index (χ3v) is 3.01. The van der Waals surface area contributed by atoms with Crippen LogP contribution in [0.25, 0.3) is 11.3 Å². The van der Waals surface area contributed by atoms with Crippen molar-refractivity contribution in [2.45, 2.75) is 25.8 Å². The van der Waals surface area contributed by atoms with E-state index in [0.717, 1.165) is 22.9 Å². The third-order valence-electron chi connectivity index (χ3n) is 3.01. The Balaban J connectivity index is 2.11. The van der Waals surface area contributed by atoms with Crippen LogP contribution in [0.1, 0.15) is 24.7 Å². The molecule has 2 aromatic heterocycles. The van der Waals surface area contributed by atoms with Crippen LogP contribution in [0.4, 0.5) is 5.82 Å². The van der Waals surface area contributed by atoms with E-state index >= 15 is 0 Å². The van der Waals surface area contributed by atoms with Crippen LogP contribution in [0.2, 0.25) is 0 Å². The van der Waals surface area contributed by atoms with Crippen LogP contribution in [0, 0.1) is 6.92 Å². The van der Waals surface area contributed by atoms with E-state index in [-0.39, 0.29) is 0 Å². The number of anilines is 1. The third kappa shape index (κ3) is 1.31. The Bertz CT molecular complexity index is 533. The molecule has 2 heterocycles. The molecule has 16 heavy (non-hydrogen) atoms. The Morgan fingerprint density at radius 2 is 2.19 bits per heavy atom. The smallest absolute Gasteiger partial charge is 0.132 e. The van der Waals surface area contributed by atoms with Crippen LogP contribution >= 0.6 is 0 Å². The predicted octanol–water partition coefficient (Wildman–Crippen LogP) is 1.51. The second-order valence-electron chi connectivity index (χ2n) is 4.40. The molecule has 0 aliphatic heterocycles. The molecule has 1 aliphatic rings. The monoisotopic (exact) mass is 217 g/mol. The molecular formula is C11H15N5. The van der Waals surface area contributed by atoms with Crippen LogP contribution in [0.5, 0.6) is 0 Å². The van der Waals surface area contributed by atoms with E-state index < -0.39 is 0 Å². The molecule has 0 aromatic carbocycles. The minimum absolute atomic E-state index is 0.568. The summed E-state index contributed by atoms with van der Waals surface area (Å²) in [5.41, 5.74) is 8.00. The first-order chi connectivity index (χ1) is 7.66. The van der Waals surface area contributed by atoms with Gasteiger partial charge < -0.3 is 10.3 Å². The lowest BCUT2D eigenvalue weighted by Gasteiger charge is -2.04. The highest BCUT2D eigenvalue weighted by molar-refractivity contribution is 5.70. The van der Waals surface area contributed by atoms with Gasteiger partial charge in [0.2, 0.25) is 0 Å². The summed E-state index contributed by atoms with van der Waals surface area (Å²) in [6.45, 7) is 2.01. The van der Waals surface area contributed by atoms with Gasteiger partial charge in [-0.1, -0.05) is 0 Å². The van der Waals surface area contributed by atoms with Crippen molar-refractivity contribution in [3.63, 3.8) is 0 Å². The first kappa shape index (κ1) is 9.45. The Hall–Kier alpha value is -1.78. The van der Waals surface area contributed by atoms with Crippen LogP contribution in [0.3, 0.4) is 0 Å². The Morgan fingerprint density at radius 3 is 2.75 bits per heavy atom. The molecule has 0 unspecified atom stereocenters. The Morgan fingerprint density at radius 1 is 1.44 bits per heavy atom. The first-order valence-corrected chi connectivity index (χ1v) is 5.50. The molecule has 0 spiro atoms. The molecule has 0 bridgehead atoms. The maximum absolute atomic E-state index is 6.15. The summed E-state index contributed by atoms with van der Waals surface area (Å²) in [4.78, 5) is 4.54. The molecule has 2 aromatic rings. The van der Waals surface area contributed by atoms with E-state index in [4.69, 9.17) is 5.73 Å². The maximum atomic E-state index is 6.15. The van der Waals surface area contributed by atoms with Crippen molar-refractivity contribution in [2.24, 2.45) is 7.05 Å². The topological polar surface area (TPSA) is 61.7 Å². The molecular weight excluding hydrogens is 202 g/mol. The van der Waals surface area contributed by atoms with Gasteiger partial charge in [0.15, 0.2) is 0 Å². The molecule has 3 rings (SSSR count). The van der Waals surface area contributed by atoms with Crippen molar-refractivity contribution in [1.82, 2.24) is 19.3 Å². The number of imidazole rings is 1. The number of hydrogen-bond donors (Lipinski definition) is 1. The fourth-order valence-corrected chi connectivity index (χ4v) is 2.11. The van der Waals surface area contributed by atoms with Crippen LogP contribution in [-0.4, -0.2) is 19.3 Å². The lowest BCUT2D eigenvalue weighted by molar-refractivity contribution is 0.720. The first-order valence-electron chi connectivity index (χ1n) is 5.50. The van der Waals surface area contributed by atoms with Gasteiger partial charge in [0.05, 0.1) is 6.20 Å². The Labute approximate surface area is 93.9 Å². The average molecular weight is 217 g/mol. The van der Waals surface area contributed by atoms with Gasteiger partial charge in [-0.15, -0.1) is 0 Å². The second kappa shape index (κ2) is 3.10. The van der Waals surface area contributed by atoms with E-state index in [1.165, 1.54) is 12.8 Å². The maximum Gasteiger partial charge on any atom is 0.132 e. The molecule has 5 nitrogen and oxygen atoms in total. The number of hydrogen-bond acceptors (Lipinski definition) is 3. The molecule has 1 aliphatic carbocycles. The highest BCUT2D eigenvalue weighted by Gasteiger charge is 2.28. The number of aryl methyl sites for hydroxylation is 2. The summed E-state index contributed by atoms with van der Waals surface area (Å²) in [7, 11) is 1.89. The largest absolute Gasteiger partial charge is 0.383 e. The van der Waals surface area contributed by atoms with Crippen LogP contribution in [-0.2, 0) is 7.05 Å². The SMILES string of the molecule is Cc1nc(-c2cnn(C)c2)c(N)n1C1CC1. The van der Waals surface area contributed by atoms with Crippen LogP contribution in [0.15, 0.2) is 12.4 Å². The molecule has 0 amide bonds. The van der Waals surface area contributed by atoms with Crippen molar-refractivity contribution in [2.75, 3.05) is 5.73 Å². The predicted molar refractivity (Wildman–Crippen MR) is 61.8 cm³/mol. The van der Waals surface area contributed by atoms with E-state index in [9.17, 15) is 0 Å². The summed E-state index contributed by atoms with van der Waals surface area (Å²) in [5.74, 6) is 1.77. The standard InChI is InChI=1S/C11H15N5/c1-7-14-10(8-5-13-15(2)6-8)11(12)16(7)9-3-4-9/h5-6,9H,3-4,12H2,1-2H3. The van der Waals surface area contributed by atoms with Crippen molar-refractivity contribution < 1.29 is 0 Å². The molecule has 0 saturated heterocycles. The summed E-state index contributed by atoms with van der Waals surface area (Å²) in [5, 5.41) is 4.15. The van der Waals surface area contributed by atoms with Gasteiger partial charge >= 0.3 is 0 Å². The molecule has 1 saturated carbocycles. The van der Waals surface area contributed by atoms with Crippen molar-refractivity contribution in [1.29, 1.82) is 0 Å². The minimum Gasteiger partial charge on any atom is -0.383 e. The zero-order valence-corrected chi connectivity index (χ0v) is 9.51. The summed E-state index contributed by atoms with van der Waals surface area (Å²) in [6, 6.07) is 0.568. The number of nitrogens with two attached hydrogens (primary N) is 1. The van der Waals surface area contributed by atoms with E-state index in [0.29, 0.717) is 6.04 Å². The molecule has 2 N–H and O–H groups in total. The van der Waals surface area contributed by atoms with E-state index in [1.807, 2.05) is 20.2 Å². The normalized spacial score (nSPS) is 15.6. The zero-order chi connectivity index (χ0) is 11.3. The molecule has 1 fully saturated rings. The molecule has 5 heteroatoms. The minimum atomic E-state index is 0.568. The summed E-state index contributed by atoms with van der Waals surface area (Å²) < 4.78 is 3.91. The van der Waals surface area contributed by atoms with Crippen molar-refractivity contribution in [3.05, 3.63) is 18.2 Å². The zero-order valence-electron chi connectivity index (χ0n) is 9.51. The molecule has 0 radical (unpaired) electrons. The van der Waals surface area contributed by atoms with Gasteiger partial charge in [0, 0.05) is 24.8 Å². The quantitative estimate of drug-likeness (QED) is 0.829. The van der Waals surface area contributed by atoms with Crippen molar-refractivity contribution >= 4 is 5.82 Å². The number of nitrogen functional groups attached to an aromatic ring is 1. The van der Waals surface area contributed by atoms with Gasteiger partial charge in [0.1, 0.15) is 17.3 Å². The lowest BCUT2D eigenvalue weighted by Crippen LogP contribution is -2.02. The van der Waals surface area contributed by atoms with Crippen LogP contribution < -0.4 is 5.73 Å². The highest BCUT2D eigenvalue weighted by atomic mass is 15.2. The highest BCUT2D eigenvalue weighted by Crippen LogP contribution is 2.40. The van der Waals surface area contributed by atoms with E-state index in [2.05, 4.69) is 14.6 Å². The lowest BCUT2D eigenvalue weighted by atomic mass is 10.2. The fourth-order valence-electron chi connectivity index (χ4n) is 2.11. The number of rotatable bonds is 2. The molecule has 0 atom stereocenters. The van der Waals surface area contributed by atoms with Gasteiger partial charge in [-0.25, -0.2) is 4.98 Å².